The molecule has 16 heavy (non-hydrogen) atoms. The van der Waals surface area contributed by atoms with E-state index in [1.165, 1.54) is 5.56 Å². The summed E-state index contributed by atoms with van der Waals surface area (Å²) in [6.45, 7) is 4.34. The SMILES string of the molecule is CCOc1ccc(C(CNC)COC)cc1. The zero-order chi connectivity index (χ0) is 11.8. The quantitative estimate of drug-likeness (QED) is 0.767. The Balaban J connectivity index is 2.68. The molecule has 0 spiro atoms. The molecule has 0 aromatic heterocycles. The molecule has 90 valence electrons. The summed E-state index contributed by atoms with van der Waals surface area (Å²) in [7, 11) is 3.69. The van der Waals surface area contributed by atoms with Gasteiger partial charge in [-0.05, 0) is 31.7 Å². The van der Waals surface area contributed by atoms with Gasteiger partial charge < -0.3 is 14.8 Å². The largest absolute Gasteiger partial charge is 0.494 e. The lowest BCUT2D eigenvalue weighted by atomic mass is 10.00. The Morgan fingerprint density at radius 2 is 1.94 bits per heavy atom. The lowest BCUT2D eigenvalue weighted by Gasteiger charge is -2.16. The average Bonchev–Trinajstić information content (AvgIpc) is 2.30. The molecular weight excluding hydrogens is 202 g/mol. The topological polar surface area (TPSA) is 30.5 Å². The highest BCUT2D eigenvalue weighted by atomic mass is 16.5. The molecule has 3 nitrogen and oxygen atoms in total. The highest BCUT2D eigenvalue weighted by molar-refractivity contribution is 5.29. The molecule has 1 aromatic carbocycles. The van der Waals surface area contributed by atoms with Gasteiger partial charge in [0.25, 0.3) is 0 Å². The maximum absolute atomic E-state index is 5.41. The van der Waals surface area contributed by atoms with Gasteiger partial charge in [-0.3, -0.25) is 0 Å². The van der Waals surface area contributed by atoms with Crippen LogP contribution in [0, 0.1) is 0 Å². The van der Waals surface area contributed by atoms with Crippen LogP contribution < -0.4 is 10.1 Å². The molecule has 0 aliphatic heterocycles. The zero-order valence-corrected chi connectivity index (χ0v) is 10.3. The van der Waals surface area contributed by atoms with E-state index in [-0.39, 0.29) is 0 Å². The normalized spacial score (nSPS) is 12.4. The minimum atomic E-state index is 0.394. The van der Waals surface area contributed by atoms with E-state index < -0.39 is 0 Å². The molecule has 1 unspecified atom stereocenters. The molecule has 1 aromatic rings. The van der Waals surface area contributed by atoms with Crippen LogP contribution in [0.4, 0.5) is 0 Å². The predicted molar refractivity (Wildman–Crippen MR) is 66.2 cm³/mol. The first-order valence-corrected chi connectivity index (χ1v) is 5.68. The number of methoxy groups -OCH3 is 1. The predicted octanol–water partition coefficient (Wildman–Crippen LogP) is 2.03. The second kappa shape index (κ2) is 7.25. The molecule has 0 fully saturated rings. The second-order valence-corrected chi connectivity index (χ2v) is 3.71. The molecule has 0 saturated carbocycles. The molecule has 0 aliphatic rings. The Labute approximate surface area is 97.8 Å². The van der Waals surface area contributed by atoms with Crippen molar-refractivity contribution < 1.29 is 9.47 Å². The van der Waals surface area contributed by atoms with Crippen molar-refractivity contribution in [3.63, 3.8) is 0 Å². The zero-order valence-electron chi connectivity index (χ0n) is 10.3. The van der Waals surface area contributed by atoms with E-state index in [1.54, 1.807) is 7.11 Å². The van der Waals surface area contributed by atoms with Crippen molar-refractivity contribution in [3.05, 3.63) is 29.8 Å². The maximum Gasteiger partial charge on any atom is 0.119 e. The van der Waals surface area contributed by atoms with E-state index >= 15 is 0 Å². The Morgan fingerprint density at radius 3 is 2.44 bits per heavy atom. The summed E-state index contributed by atoms with van der Waals surface area (Å²) in [6.07, 6.45) is 0. The van der Waals surface area contributed by atoms with Gasteiger partial charge in [0.1, 0.15) is 5.75 Å². The molecule has 0 aliphatic carbocycles. The smallest absolute Gasteiger partial charge is 0.119 e. The maximum atomic E-state index is 5.41. The number of nitrogens with one attached hydrogen (secondary N) is 1. The van der Waals surface area contributed by atoms with E-state index in [0.717, 1.165) is 18.9 Å². The fraction of sp³-hybridized carbons (Fsp3) is 0.538. The van der Waals surface area contributed by atoms with Crippen LogP contribution in [-0.2, 0) is 4.74 Å². The van der Waals surface area contributed by atoms with Gasteiger partial charge >= 0.3 is 0 Å². The molecule has 3 heteroatoms. The monoisotopic (exact) mass is 223 g/mol. The molecule has 0 bridgehead atoms. The van der Waals surface area contributed by atoms with Gasteiger partial charge in [0, 0.05) is 19.6 Å². The third-order valence-corrected chi connectivity index (χ3v) is 2.48. The lowest BCUT2D eigenvalue weighted by molar-refractivity contribution is 0.178. The fourth-order valence-corrected chi connectivity index (χ4v) is 1.72. The van der Waals surface area contributed by atoms with Crippen LogP contribution in [-0.4, -0.2) is 33.9 Å². The second-order valence-electron chi connectivity index (χ2n) is 3.71. The molecule has 1 rings (SSSR count). The lowest BCUT2D eigenvalue weighted by Crippen LogP contribution is -2.20. The van der Waals surface area contributed by atoms with E-state index in [4.69, 9.17) is 9.47 Å². The summed E-state index contributed by atoms with van der Waals surface area (Å²) in [5.41, 5.74) is 1.28. The van der Waals surface area contributed by atoms with Crippen LogP contribution >= 0.6 is 0 Å². The number of ether oxygens (including phenoxy) is 2. The van der Waals surface area contributed by atoms with Crippen molar-refractivity contribution >= 4 is 0 Å². The van der Waals surface area contributed by atoms with Crippen molar-refractivity contribution in [3.8, 4) is 5.75 Å². The molecule has 0 heterocycles. The van der Waals surface area contributed by atoms with Crippen LogP contribution in [0.2, 0.25) is 0 Å². The van der Waals surface area contributed by atoms with Gasteiger partial charge in [-0.15, -0.1) is 0 Å². The first kappa shape index (κ1) is 13.0. The summed E-state index contributed by atoms with van der Waals surface area (Å²) in [5.74, 6) is 1.32. The molecule has 0 amide bonds. The summed E-state index contributed by atoms with van der Waals surface area (Å²) < 4.78 is 10.6. The van der Waals surface area contributed by atoms with E-state index in [0.29, 0.717) is 12.5 Å². The average molecular weight is 223 g/mol. The van der Waals surface area contributed by atoms with E-state index in [2.05, 4.69) is 17.4 Å². The number of rotatable bonds is 7. The Kier molecular flexibility index (Phi) is 5.90. The molecule has 0 saturated heterocycles. The van der Waals surface area contributed by atoms with Crippen molar-refractivity contribution in [1.29, 1.82) is 0 Å². The minimum absolute atomic E-state index is 0.394. The van der Waals surface area contributed by atoms with Crippen molar-refractivity contribution in [2.45, 2.75) is 12.8 Å². The molecule has 1 atom stereocenters. The fourth-order valence-electron chi connectivity index (χ4n) is 1.72. The van der Waals surface area contributed by atoms with Crippen LogP contribution in [0.1, 0.15) is 18.4 Å². The highest BCUT2D eigenvalue weighted by Crippen LogP contribution is 2.19. The van der Waals surface area contributed by atoms with E-state index in [1.807, 2.05) is 26.1 Å². The van der Waals surface area contributed by atoms with Crippen molar-refractivity contribution in [2.24, 2.45) is 0 Å². The van der Waals surface area contributed by atoms with Gasteiger partial charge in [-0.2, -0.15) is 0 Å². The van der Waals surface area contributed by atoms with Crippen LogP contribution in [0.5, 0.6) is 5.75 Å². The Hall–Kier alpha value is -1.06. The number of likely N-dealkylation sites (N-methyl/N-ethyl adjacent to an activating group) is 1. The third kappa shape index (κ3) is 3.83. The van der Waals surface area contributed by atoms with Crippen molar-refractivity contribution in [2.75, 3.05) is 33.9 Å². The first-order chi connectivity index (χ1) is 7.81. The van der Waals surface area contributed by atoms with Gasteiger partial charge in [-0.25, -0.2) is 0 Å². The standard InChI is InChI=1S/C13H21NO2/c1-4-16-13-7-5-11(6-8-13)12(9-14-2)10-15-3/h5-8,12,14H,4,9-10H2,1-3H3. The van der Waals surface area contributed by atoms with Gasteiger partial charge in [0.05, 0.1) is 13.2 Å². The Bertz CT molecular complexity index is 278. The van der Waals surface area contributed by atoms with Crippen LogP contribution in [0.25, 0.3) is 0 Å². The van der Waals surface area contributed by atoms with Gasteiger partial charge in [0.15, 0.2) is 0 Å². The Morgan fingerprint density at radius 1 is 1.25 bits per heavy atom. The first-order valence-electron chi connectivity index (χ1n) is 5.68. The summed E-state index contributed by atoms with van der Waals surface area (Å²) in [5, 5.41) is 3.18. The number of hydrogen-bond acceptors (Lipinski definition) is 3. The molecular formula is C13H21NO2. The summed E-state index contributed by atoms with van der Waals surface area (Å²) >= 11 is 0. The van der Waals surface area contributed by atoms with Gasteiger partial charge in [-0.1, -0.05) is 12.1 Å². The number of benzene rings is 1. The number of hydrogen-bond donors (Lipinski definition) is 1. The summed E-state index contributed by atoms with van der Waals surface area (Å²) in [4.78, 5) is 0. The van der Waals surface area contributed by atoms with Gasteiger partial charge in [0.2, 0.25) is 0 Å². The molecule has 1 N–H and O–H groups in total. The third-order valence-electron chi connectivity index (χ3n) is 2.48. The minimum Gasteiger partial charge on any atom is -0.494 e. The molecule has 0 radical (unpaired) electrons. The van der Waals surface area contributed by atoms with Crippen molar-refractivity contribution in [1.82, 2.24) is 5.32 Å². The van der Waals surface area contributed by atoms with Crippen LogP contribution in [0.3, 0.4) is 0 Å². The van der Waals surface area contributed by atoms with Crippen LogP contribution in [0.15, 0.2) is 24.3 Å². The van der Waals surface area contributed by atoms with E-state index in [9.17, 15) is 0 Å². The highest BCUT2D eigenvalue weighted by Gasteiger charge is 2.10. The summed E-state index contributed by atoms with van der Waals surface area (Å²) in [6, 6.07) is 8.23.